The molecule has 0 atom stereocenters. The Morgan fingerprint density at radius 1 is 1.21 bits per heavy atom. The van der Waals surface area contributed by atoms with Crippen LogP contribution < -0.4 is 0 Å². The van der Waals surface area contributed by atoms with Crippen LogP contribution in [0.15, 0.2) is 36.4 Å². The summed E-state index contributed by atoms with van der Waals surface area (Å²) < 4.78 is 0. The Hall–Kier alpha value is -1.04. The minimum atomic E-state index is 0.629. The van der Waals surface area contributed by atoms with E-state index < -0.39 is 0 Å². The van der Waals surface area contributed by atoms with E-state index in [1.165, 1.54) is 11.1 Å². The van der Waals surface area contributed by atoms with Crippen LogP contribution in [-0.2, 0) is 6.42 Å². The van der Waals surface area contributed by atoms with E-state index in [4.69, 9.17) is 0 Å². The van der Waals surface area contributed by atoms with Gasteiger partial charge in [-0.1, -0.05) is 50.3 Å². The lowest BCUT2D eigenvalue weighted by atomic mass is 10.0. The molecule has 0 unspecified atom stereocenters. The van der Waals surface area contributed by atoms with Crippen molar-refractivity contribution >= 4 is 0 Å². The Balaban J connectivity index is 2.55. The van der Waals surface area contributed by atoms with Gasteiger partial charge in [-0.05, 0) is 36.8 Å². The highest BCUT2D eigenvalue weighted by Gasteiger charge is 1.97. The highest BCUT2D eigenvalue weighted by Crippen LogP contribution is 2.15. The van der Waals surface area contributed by atoms with Gasteiger partial charge in [0, 0.05) is 0 Å². The molecule has 0 saturated heterocycles. The lowest BCUT2D eigenvalue weighted by Crippen LogP contribution is -1.88. The molecule has 0 heteroatoms. The van der Waals surface area contributed by atoms with Gasteiger partial charge >= 0.3 is 0 Å². The number of hydrogen-bond acceptors (Lipinski definition) is 0. The van der Waals surface area contributed by atoms with Crippen LogP contribution in [0, 0.1) is 6.92 Å². The molecule has 1 aromatic carbocycles. The Morgan fingerprint density at radius 2 is 1.86 bits per heavy atom. The van der Waals surface area contributed by atoms with Crippen molar-refractivity contribution in [2.45, 2.75) is 32.6 Å². The number of benzene rings is 1. The van der Waals surface area contributed by atoms with Crippen molar-refractivity contribution in [3.05, 3.63) is 54.5 Å². The molecule has 0 aliphatic rings. The molecule has 0 saturated carbocycles. The zero-order valence-corrected chi connectivity index (χ0v) is 9.16. The molecule has 75 valence electrons. The van der Waals surface area contributed by atoms with Crippen LogP contribution in [-0.4, -0.2) is 0 Å². The van der Waals surface area contributed by atoms with Gasteiger partial charge in [0.1, 0.15) is 0 Å². The molecule has 1 radical (unpaired) electrons. The fraction of sp³-hybridized carbons (Fsp3) is 0.357. The van der Waals surface area contributed by atoms with E-state index in [2.05, 4.69) is 51.1 Å². The highest BCUT2D eigenvalue weighted by molar-refractivity contribution is 5.24. The Kier molecular flexibility index (Phi) is 4.45. The van der Waals surface area contributed by atoms with E-state index >= 15 is 0 Å². The van der Waals surface area contributed by atoms with Gasteiger partial charge in [-0.3, -0.25) is 0 Å². The molecule has 0 N–H and O–H groups in total. The highest BCUT2D eigenvalue weighted by atomic mass is 14.0. The third-order valence-corrected chi connectivity index (χ3v) is 2.41. The molecule has 0 nitrogen and oxygen atoms in total. The molecule has 0 aromatic heterocycles. The van der Waals surface area contributed by atoms with Crippen molar-refractivity contribution in [1.29, 1.82) is 0 Å². The van der Waals surface area contributed by atoms with Crippen molar-refractivity contribution in [3.8, 4) is 0 Å². The van der Waals surface area contributed by atoms with Gasteiger partial charge < -0.3 is 0 Å². The molecule has 1 rings (SSSR count). The van der Waals surface area contributed by atoms with Crippen molar-refractivity contribution in [2.75, 3.05) is 0 Å². The first-order valence-corrected chi connectivity index (χ1v) is 5.27. The number of hydrogen-bond donors (Lipinski definition) is 0. The van der Waals surface area contributed by atoms with Gasteiger partial charge in [0.2, 0.25) is 0 Å². The minimum absolute atomic E-state index is 0.629. The van der Waals surface area contributed by atoms with Gasteiger partial charge in [-0.25, -0.2) is 0 Å². The molecule has 0 spiro atoms. The summed E-state index contributed by atoms with van der Waals surface area (Å²) in [4.78, 5) is 0. The van der Waals surface area contributed by atoms with E-state index in [1.54, 1.807) is 0 Å². The average Bonchev–Trinajstić information content (AvgIpc) is 2.19. The normalized spacial score (nSPS) is 11.4. The monoisotopic (exact) mass is 187 g/mol. The maximum Gasteiger partial charge on any atom is -0.0219 e. The molecule has 0 amide bonds. The number of allylic oxidation sites excluding steroid dienone is 2. The first-order valence-electron chi connectivity index (χ1n) is 5.27. The second-order valence-corrected chi connectivity index (χ2v) is 3.91. The summed E-state index contributed by atoms with van der Waals surface area (Å²) in [5.74, 6) is 0.629. The van der Waals surface area contributed by atoms with E-state index in [0.717, 1.165) is 12.8 Å². The first kappa shape index (κ1) is 11.0. The molecule has 0 fully saturated rings. The molecular formula is C14H19. The molecule has 0 aliphatic carbocycles. The Morgan fingerprint density at radius 3 is 2.36 bits per heavy atom. The summed E-state index contributed by atoms with van der Waals surface area (Å²) in [6.45, 7) is 8.12. The van der Waals surface area contributed by atoms with Crippen LogP contribution in [0.1, 0.15) is 37.3 Å². The van der Waals surface area contributed by atoms with Crippen LogP contribution in [0.2, 0.25) is 0 Å². The Labute approximate surface area is 87.7 Å². The lowest BCUT2D eigenvalue weighted by molar-refractivity contribution is 0.863. The first-order chi connectivity index (χ1) is 6.74. The third-order valence-electron chi connectivity index (χ3n) is 2.41. The lowest BCUT2D eigenvalue weighted by Gasteiger charge is -2.05. The van der Waals surface area contributed by atoms with Gasteiger partial charge in [0.15, 0.2) is 0 Å². The van der Waals surface area contributed by atoms with Crippen molar-refractivity contribution in [1.82, 2.24) is 0 Å². The third kappa shape index (κ3) is 3.37. The maximum absolute atomic E-state index is 3.67. The van der Waals surface area contributed by atoms with Gasteiger partial charge in [0.25, 0.3) is 0 Å². The average molecular weight is 187 g/mol. The van der Waals surface area contributed by atoms with Gasteiger partial charge in [-0.2, -0.15) is 0 Å². The van der Waals surface area contributed by atoms with Gasteiger partial charge in [-0.15, -0.1) is 0 Å². The SMILES string of the molecule is [CH2]C=CCCc1ccc(C(C)C)cc1. The van der Waals surface area contributed by atoms with Crippen LogP contribution in [0.5, 0.6) is 0 Å². The second kappa shape index (κ2) is 5.64. The molecule has 0 heterocycles. The van der Waals surface area contributed by atoms with Crippen molar-refractivity contribution in [2.24, 2.45) is 0 Å². The van der Waals surface area contributed by atoms with Crippen molar-refractivity contribution < 1.29 is 0 Å². The molecule has 14 heavy (non-hydrogen) atoms. The molecule has 0 aliphatic heterocycles. The van der Waals surface area contributed by atoms with Crippen molar-refractivity contribution in [3.63, 3.8) is 0 Å². The summed E-state index contributed by atoms with van der Waals surface area (Å²) in [5, 5.41) is 0. The van der Waals surface area contributed by atoms with E-state index in [1.807, 2.05) is 6.08 Å². The summed E-state index contributed by atoms with van der Waals surface area (Å²) in [6.07, 6.45) is 6.17. The van der Waals surface area contributed by atoms with Crippen LogP contribution in [0.25, 0.3) is 0 Å². The van der Waals surface area contributed by atoms with E-state index in [0.29, 0.717) is 5.92 Å². The smallest absolute Gasteiger partial charge is 0.0219 e. The van der Waals surface area contributed by atoms with Crippen LogP contribution >= 0.6 is 0 Å². The molecule has 0 bridgehead atoms. The summed E-state index contributed by atoms with van der Waals surface area (Å²) in [6, 6.07) is 8.92. The second-order valence-electron chi connectivity index (χ2n) is 3.91. The standard InChI is InChI=1S/C14H19/c1-4-5-6-7-13-8-10-14(11-9-13)12(2)3/h4-5,8-12H,1,6-7H2,2-3H3. The summed E-state index contributed by atoms with van der Waals surface area (Å²) in [5.41, 5.74) is 2.83. The molecule has 1 aromatic rings. The van der Waals surface area contributed by atoms with E-state index in [9.17, 15) is 0 Å². The Bertz CT molecular complexity index is 277. The zero-order valence-electron chi connectivity index (χ0n) is 9.16. The predicted molar refractivity (Wildman–Crippen MR) is 63.3 cm³/mol. The summed E-state index contributed by atoms with van der Waals surface area (Å²) in [7, 11) is 0. The largest absolute Gasteiger partial charge is 0.0882 e. The zero-order chi connectivity index (χ0) is 10.4. The van der Waals surface area contributed by atoms with Crippen LogP contribution in [0.4, 0.5) is 0 Å². The quantitative estimate of drug-likeness (QED) is 0.664. The molecular weight excluding hydrogens is 168 g/mol. The fourth-order valence-electron chi connectivity index (χ4n) is 1.44. The predicted octanol–water partition coefficient (Wildman–Crippen LogP) is 4.13. The fourth-order valence-corrected chi connectivity index (χ4v) is 1.44. The summed E-state index contributed by atoms with van der Waals surface area (Å²) >= 11 is 0. The van der Waals surface area contributed by atoms with E-state index in [-0.39, 0.29) is 0 Å². The topological polar surface area (TPSA) is 0 Å². The van der Waals surface area contributed by atoms with Gasteiger partial charge in [0.05, 0.1) is 0 Å². The number of aryl methyl sites for hydroxylation is 1. The maximum atomic E-state index is 3.67. The number of rotatable bonds is 4. The minimum Gasteiger partial charge on any atom is -0.0882 e. The van der Waals surface area contributed by atoms with Crippen LogP contribution in [0.3, 0.4) is 0 Å².